The van der Waals surface area contributed by atoms with Crippen molar-refractivity contribution in [1.29, 1.82) is 0 Å². The number of ether oxygens (including phenoxy) is 3. The van der Waals surface area contributed by atoms with Gasteiger partial charge in [-0.2, -0.15) is 0 Å². The molecule has 5 rings (SSSR count). The molecule has 0 fully saturated rings. The molecule has 2 aromatic carbocycles. The first-order chi connectivity index (χ1) is 18.9. The van der Waals surface area contributed by atoms with Crippen LogP contribution in [-0.2, 0) is 14.3 Å². The van der Waals surface area contributed by atoms with E-state index < -0.39 is 17.6 Å². The number of carbonyl (C=O) groups is 2. The molecule has 2 aliphatic rings. The zero-order valence-corrected chi connectivity index (χ0v) is 22.8. The molecule has 1 amide bonds. The molecule has 0 saturated heterocycles. The molecule has 200 valence electrons. The van der Waals surface area contributed by atoms with Crippen molar-refractivity contribution < 1.29 is 23.8 Å². The van der Waals surface area contributed by atoms with E-state index in [1.54, 1.807) is 43.0 Å². The summed E-state index contributed by atoms with van der Waals surface area (Å²) < 4.78 is 18.0. The van der Waals surface area contributed by atoms with E-state index in [-0.39, 0.29) is 22.6 Å². The molecule has 1 aromatic heterocycles. The molecule has 0 unspecified atom stereocenters. The number of anilines is 1. The molecule has 9 nitrogen and oxygen atoms in total. The molecule has 1 atom stereocenters. The quantitative estimate of drug-likeness (QED) is 0.335. The lowest BCUT2D eigenvalue weighted by molar-refractivity contribution is -0.139. The van der Waals surface area contributed by atoms with Gasteiger partial charge in [-0.15, -0.1) is 6.58 Å². The van der Waals surface area contributed by atoms with Gasteiger partial charge < -0.3 is 19.1 Å². The van der Waals surface area contributed by atoms with Crippen LogP contribution in [0.25, 0.3) is 5.57 Å². The maximum atomic E-state index is 14.2. The van der Waals surface area contributed by atoms with Crippen molar-refractivity contribution >= 4 is 34.5 Å². The highest BCUT2D eigenvalue weighted by Gasteiger charge is 2.37. The third-order valence-electron chi connectivity index (χ3n) is 6.68. The summed E-state index contributed by atoms with van der Waals surface area (Å²) in [4.78, 5) is 47.6. The molecule has 0 bridgehead atoms. The van der Waals surface area contributed by atoms with Crippen LogP contribution in [0.2, 0.25) is 0 Å². The predicted molar refractivity (Wildman–Crippen MR) is 148 cm³/mol. The Balaban J connectivity index is 1.82. The lowest BCUT2D eigenvalue weighted by atomic mass is 9.95. The third-order valence-corrected chi connectivity index (χ3v) is 7.73. The summed E-state index contributed by atoms with van der Waals surface area (Å²) in [5, 5.41) is 0. The van der Waals surface area contributed by atoms with E-state index in [2.05, 4.69) is 11.6 Å². The van der Waals surface area contributed by atoms with Crippen molar-refractivity contribution in [2.75, 3.05) is 32.3 Å². The van der Waals surface area contributed by atoms with Gasteiger partial charge in [-0.1, -0.05) is 41.7 Å². The molecule has 0 N–H and O–H groups in total. The van der Waals surface area contributed by atoms with E-state index in [1.807, 2.05) is 24.3 Å². The van der Waals surface area contributed by atoms with E-state index in [9.17, 15) is 14.4 Å². The Kier molecular flexibility index (Phi) is 6.96. The second-order valence-electron chi connectivity index (χ2n) is 8.83. The number of rotatable bonds is 7. The SMILES string of the molecule is C=CCN1C(=O)C(=c2sc3n(c2=O)[C@H](c2ccc(OC)c(OC)c2)C(C(=O)OCC)=C(C)N=3)c2ccccc21. The van der Waals surface area contributed by atoms with E-state index in [1.165, 1.54) is 18.8 Å². The standard InChI is InChI=1S/C29H27N3O6S/c1-6-14-31-19-11-9-8-10-18(19)23(26(31)33)25-27(34)32-24(17-12-13-20(36-4)21(15-17)37-5)22(28(35)38-7-2)16(3)30-29(32)39-25/h6,8-13,15,24H,1,7,14H2,2-5H3/t24-/m1/s1. The first kappa shape index (κ1) is 26.2. The molecule has 0 radical (unpaired) electrons. The average molecular weight is 546 g/mol. The van der Waals surface area contributed by atoms with Crippen molar-refractivity contribution in [2.45, 2.75) is 19.9 Å². The fourth-order valence-corrected chi connectivity index (χ4v) is 6.13. The van der Waals surface area contributed by atoms with Crippen molar-refractivity contribution in [1.82, 2.24) is 4.57 Å². The number of carbonyl (C=O) groups excluding carboxylic acids is 2. The Bertz CT molecular complexity index is 1730. The minimum Gasteiger partial charge on any atom is -0.493 e. The number of hydrogen-bond donors (Lipinski definition) is 0. The number of hydrogen-bond acceptors (Lipinski definition) is 8. The van der Waals surface area contributed by atoms with Crippen molar-refractivity contribution in [3.8, 4) is 11.5 Å². The van der Waals surface area contributed by atoms with E-state index in [4.69, 9.17) is 14.2 Å². The molecule has 0 aliphatic carbocycles. The fraction of sp³-hybridized carbons (Fsp3) is 0.241. The number of nitrogens with zero attached hydrogens (tertiary/aromatic N) is 3. The van der Waals surface area contributed by atoms with Gasteiger partial charge in [-0.05, 0) is 37.6 Å². The van der Waals surface area contributed by atoms with E-state index in [0.717, 1.165) is 11.3 Å². The summed E-state index contributed by atoms with van der Waals surface area (Å²) in [7, 11) is 3.04. The van der Waals surface area contributed by atoms with Crippen molar-refractivity contribution in [3.05, 3.63) is 97.2 Å². The second kappa shape index (κ2) is 10.4. The summed E-state index contributed by atoms with van der Waals surface area (Å²) >= 11 is 1.12. The smallest absolute Gasteiger partial charge is 0.338 e. The fourth-order valence-electron chi connectivity index (χ4n) is 4.99. The Hall–Kier alpha value is -4.44. The van der Waals surface area contributed by atoms with Crippen LogP contribution < -0.4 is 29.3 Å². The number of fused-ring (bicyclic) bond motifs is 2. The first-order valence-corrected chi connectivity index (χ1v) is 13.1. The number of methoxy groups -OCH3 is 2. The van der Waals surface area contributed by atoms with E-state index >= 15 is 0 Å². The van der Waals surface area contributed by atoms with Gasteiger partial charge in [0, 0.05) is 12.1 Å². The van der Waals surface area contributed by atoms with Crippen LogP contribution in [0.1, 0.15) is 31.0 Å². The van der Waals surface area contributed by atoms with Gasteiger partial charge in [0.05, 0.1) is 49.4 Å². The number of benzene rings is 2. The number of para-hydroxylation sites is 1. The topological polar surface area (TPSA) is 99.4 Å². The Morgan fingerprint density at radius 1 is 1.13 bits per heavy atom. The first-order valence-electron chi connectivity index (χ1n) is 12.3. The molecule has 10 heteroatoms. The minimum atomic E-state index is -0.856. The van der Waals surface area contributed by atoms with Gasteiger partial charge in [-0.25, -0.2) is 9.79 Å². The molecule has 2 aliphatic heterocycles. The predicted octanol–water partition coefficient (Wildman–Crippen LogP) is 2.72. The zero-order chi connectivity index (χ0) is 27.8. The molecule has 0 spiro atoms. The van der Waals surface area contributed by atoms with Crippen LogP contribution >= 0.6 is 11.3 Å². The highest BCUT2D eigenvalue weighted by atomic mass is 32.1. The zero-order valence-electron chi connectivity index (χ0n) is 22.0. The maximum absolute atomic E-state index is 14.2. The van der Waals surface area contributed by atoms with Crippen LogP contribution in [0.4, 0.5) is 5.69 Å². The number of esters is 1. The highest BCUT2D eigenvalue weighted by molar-refractivity contribution is 7.07. The highest BCUT2D eigenvalue weighted by Crippen LogP contribution is 2.37. The maximum Gasteiger partial charge on any atom is 0.338 e. The summed E-state index contributed by atoms with van der Waals surface area (Å²) in [6, 6.07) is 11.7. The number of amides is 1. The summed E-state index contributed by atoms with van der Waals surface area (Å²) in [6.45, 7) is 7.66. The monoisotopic (exact) mass is 545 g/mol. The number of aromatic nitrogens is 1. The normalized spacial score (nSPS) is 17.4. The van der Waals surface area contributed by atoms with Gasteiger partial charge in [-0.3, -0.25) is 14.2 Å². The molecular weight excluding hydrogens is 518 g/mol. The number of thiazole rings is 1. The lowest BCUT2D eigenvalue weighted by Crippen LogP contribution is -2.41. The molecular formula is C29H27N3O6S. The van der Waals surface area contributed by atoms with Crippen molar-refractivity contribution in [3.63, 3.8) is 0 Å². The van der Waals surface area contributed by atoms with Gasteiger partial charge in [0.25, 0.3) is 11.5 Å². The number of allylic oxidation sites excluding steroid dienone is 1. The largest absolute Gasteiger partial charge is 0.493 e. The third kappa shape index (κ3) is 4.17. The Morgan fingerprint density at radius 3 is 2.56 bits per heavy atom. The molecule has 39 heavy (non-hydrogen) atoms. The Labute approximate surface area is 228 Å². The summed E-state index contributed by atoms with van der Waals surface area (Å²) in [6.07, 6.45) is 1.64. The average Bonchev–Trinajstić information content (AvgIpc) is 3.40. The Morgan fingerprint density at radius 2 is 1.87 bits per heavy atom. The summed E-state index contributed by atoms with van der Waals surface area (Å²) in [5.41, 5.74) is 2.53. The lowest BCUT2D eigenvalue weighted by Gasteiger charge is -2.25. The van der Waals surface area contributed by atoms with Gasteiger partial charge in [0.15, 0.2) is 16.3 Å². The second-order valence-corrected chi connectivity index (χ2v) is 9.81. The summed E-state index contributed by atoms with van der Waals surface area (Å²) in [5.74, 6) is 0.0868. The van der Waals surface area contributed by atoms with E-state index in [0.29, 0.717) is 50.9 Å². The van der Waals surface area contributed by atoms with Crippen LogP contribution in [0.3, 0.4) is 0 Å². The van der Waals surface area contributed by atoms with Crippen LogP contribution in [0, 0.1) is 0 Å². The van der Waals surface area contributed by atoms with Gasteiger partial charge in [0.1, 0.15) is 4.53 Å². The van der Waals surface area contributed by atoms with Gasteiger partial charge in [0.2, 0.25) is 0 Å². The van der Waals surface area contributed by atoms with Crippen molar-refractivity contribution in [2.24, 2.45) is 4.99 Å². The van der Waals surface area contributed by atoms with Crippen LogP contribution in [0.15, 0.2) is 76.2 Å². The molecule has 3 aromatic rings. The molecule has 0 saturated carbocycles. The van der Waals surface area contributed by atoms with Gasteiger partial charge >= 0.3 is 5.97 Å². The van der Waals surface area contributed by atoms with Crippen LogP contribution in [-0.4, -0.2) is 43.8 Å². The minimum absolute atomic E-state index is 0.160. The van der Waals surface area contributed by atoms with Crippen LogP contribution in [0.5, 0.6) is 11.5 Å². The molecule has 3 heterocycles.